The Hall–Kier alpha value is -1.69. The Balaban J connectivity index is 3.77. The van der Waals surface area contributed by atoms with E-state index in [-0.39, 0.29) is 18.9 Å². The molecule has 3 atom stereocenters. The number of carbonyl (C=O) groups is 1. The van der Waals surface area contributed by atoms with Gasteiger partial charge in [-0.1, -0.05) is 159 Å². The van der Waals surface area contributed by atoms with E-state index < -0.39 is 18.2 Å². The molecule has 0 aromatic heterocycles. The van der Waals surface area contributed by atoms with E-state index in [0.29, 0.717) is 6.42 Å². The van der Waals surface area contributed by atoms with Gasteiger partial charge < -0.3 is 20.6 Å². The molecule has 0 saturated heterocycles. The number of hydrogen-bond acceptors (Lipinski definition) is 4. The fourth-order valence-corrected chi connectivity index (χ4v) is 5.37. The van der Waals surface area contributed by atoms with Gasteiger partial charge in [0, 0.05) is 0 Å². The molecule has 0 spiro atoms. The Morgan fingerprint density at radius 3 is 1.44 bits per heavy atom. The minimum Gasteiger partial charge on any atom is -0.394 e. The lowest BCUT2D eigenvalue weighted by molar-refractivity contribution is -0.124. The van der Waals surface area contributed by atoms with E-state index in [9.17, 15) is 20.1 Å². The van der Waals surface area contributed by atoms with E-state index >= 15 is 0 Å². The van der Waals surface area contributed by atoms with Crippen LogP contribution in [0.4, 0.5) is 0 Å². The molecule has 0 aromatic carbocycles. The molecule has 0 aliphatic carbocycles. The standard InChI is InChI=1S/C40H73NO4/c1-3-5-7-9-11-12-13-14-15-16-17-18-19-20-21-22-23-24-25-26-28-30-32-34-39(44)38(36-42)41-40(45)35-37(43)33-31-29-27-10-8-6-4-2/h21-22,25-26,29,31-32,34,37-39,42-44H,3-20,23-24,27-28,30,33,35-36H2,1-2H3,(H,41,45)/b22-21+,26-25+,31-29-,34-32+. The van der Waals surface area contributed by atoms with Gasteiger partial charge in [-0.3, -0.25) is 4.79 Å². The first-order chi connectivity index (χ1) is 22.0. The van der Waals surface area contributed by atoms with Crippen molar-refractivity contribution < 1.29 is 20.1 Å². The molecule has 262 valence electrons. The molecule has 0 aromatic rings. The van der Waals surface area contributed by atoms with Gasteiger partial charge in [0.05, 0.1) is 31.3 Å². The van der Waals surface area contributed by atoms with Crippen molar-refractivity contribution in [3.63, 3.8) is 0 Å². The zero-order chi connectivity index (χ0) is 33.1. The van der Waals surface area contributed by atoms with Crippen LogP contribution in [0.2, 0.25) is 0 Å². The smallest absolute Gasteiger partial charge is 0.223 e. The summed E-state index contributed by atoms with van der Waals surface area (Å²) in [6, 6.07) is -0.780. The molecular formula is C40H73NO4. The Kier molecular flexibility index (Phi) is 33.8. The molecular weight excluding hydrogens is 558 g/mol. The number of allylic oxidation sites excluding steroid dienone is 6. The van der Waals surface area contributed by atoms with Crippen molar-refractivity contribution in [3.8, 4) is 0 Å². The van der Waals surface area contributed by atoms with Crippen molar-refractivity contribution in [2.24, 2.45) is 0 Å². The Morgan fingerprint density at radius 1 is 0.556 bits per heavy atom. The average Bonchev–Trinajstić information content (AvgIpc) is 3.03. The Bertz CT molecular complexity index is 745. The second-order valence-corrected chi connectivity index (χ2v) is 12.8. The largest absolute Gasteiger partial charge is 0.394 e. The van der Waals surface area contributed by atoms with E-state index in [0.717, 1.165) is 38.5 Å². The van der Waals surface area contributed by atoms with Gasteiger partial charge in [0.15, 0.2) is 0 Å². The number of carbonyl (C=O) groups excluding carboxylic acids is 1. The summed E-state index contributed by atoms with van der Waals surface area (Å²) in [5.41, 5.74) is 0. The quantitative estimate of drug-likeness (QED) is 0.0429. The van der Waals surface area contributed by atoms with Crippen molar-refractivity contribution in [1.82, 2.24) is 5.32 Å². The Labute approximate surface area is 278 Å². The average molecular weight is 632 g/mol. The highest BCUT2D eigenvalue weighted by Crippen LogP contribution is 2.13. The van der Waals surface area contributed by atoms with E-state index in [2.05, 4.69) is 49.5 Å². The SMILES string of the molecule is CCCCCC/C=C\CC(O)CC(=O)NC(CO)C(O)/C=C/CC/C=C/CC/C=C/CCCCCCCCCCCCCCC. The first kappa shape index (κ1) is 43.3. The summed E-state index contributed by atoms with van der Waals surface area (Å²) in [6.45, 7) is 4.11. The summed E-state index contributed by atoms with van der Waals surface area (Å²) in [6.07, 6.45) is 44.2. The lowest BCUT2D eigenvalue weighted by atomic mass is 10.0. The summed E-state index contributed by atoms with van der Waals surface area (Å²) < 4.78 is 0. The number of hydrogen-bond donors (Lipinski definition) is 4. The van der Waals surface area contributed by atoms with Crippen molar-refractivity contribution in [3.05, 3.63) is 48.6 Å². The predicted octanol–water partition coefficient (Wildman–Crippen LogP) is 10.2. The molecule has 4 N–H and O–H groups in total. The van der Waals surface area contributed by atoms with Gasteiger partial charge in [-0.05, 0) is 57.8 Å². The molecule has 5 heteroatoms. The van der Waals surface area contributed by atoms with Crippen molar-refractivity contribution in [2.75, 3.05) is 6.61 Å². The molecule has 3 unspecified atom stereocenters. The highest BCUT2D eigenvalue weighted by molar-refractivity contribution is 5.76. The topological polar surface area (TPSA) is 89.8 Å². The summed E-state index contributed by atoms with van der Waals surface area (Å²) in [5, 5.41) is 32.8. The van der Waals surface area contributed by atoms with Crippen LogP contribution in [0, 0.1) is 0 Å². The molecule has 0 radical (unpaired) electrons. The minimum absolute atomic E-state index is 0.0491. The molecule has 1 amide bonds. The number of rotatable bonds is 33. The van der Waals surface area contributed by atoms with Gasteiger partial charge in [-0.15, -0.1) is 0 Å². The molecule has 0 aliphatic rings. The fourth-order valence-electron chi connectivity index (χ4n) is 5.37. The molecule has 0 aliphatic heterocycles. The molecule has 5 nitrogen and oxygen atoms in total. The lowest BCUT2D eigenvalue weighted by Gasteiger charge is -2.20. The lowest BCUT2D eigenvalue weighted by Crippen LogP contribution is -2.45. The third-order valence-electron chi connectivity index (χ3n) is 8.32. The van der Waals surface area contributed by atoms with Crippen LogP contribution in [0.5, 0.6) is 0 Å². The zero-order valence-corrected chi connectivity index (χ0v) is 29.5. The minimum atomic E-state index is -0.969. The summed E-state index contributed by atoms with van der Waals surface area (Å²) in [4.78, 5) is 12.3. The highest BCUT2D eigenvalue weighted by atomic mass is 16.3. The highest BCUT2D eigenvalue weighted by Gasteiger charge is 2.19. The van der Waals surface area contributed by atoms with Crippen LogP contribution in [0.3, 0.4) is 0 Å². The van der Waals surface area contributed by atoms with Crippen LogP contribution in [0.25, 0.3) is 0 Å². The maximum atomic E-state index is 12.3. The first-order valence-electron chi connectivity index (χ1n) is 18.9. The van der Waals surface area contributed by atoms with Crippen LogP contribution in [-0.2, 0) is 4.79 Å². The Morgan fingerprint density at radius 2 is 0.956 bits per heavy atom. The maximum Gasteiger partial charge on any atom is 0.223 e. The van der Waals surface area contributed by atoms with Crippen LogP contribution in [0.15, 0.2) is 48.6 Å². The van der Waals surface area contributed by atoms with Gasteiger partial charge in [-0.2, -0.15) is 0 Å². The van der Waals surface area contributed by atoms with E-state index in [1.807, 2.05) is 12.2 Å². The van der Waals surface area contributed by atoms with Crippen LogP contribution in [-0.4, -0.2) is 46.1 Å². The number of aliphatic hydroxyl groups excluding tert-OH is 3. The number of nitrogens with one attached hydrogen (secondary N) is 1. The van der Waals surface area contributed by atoms with Gasteiger partial charge in [0.2, 0.25) is 5.91 Å². The van der Waals surface area contributed by atoms with Crippen LogP contribution >= 0.6 is 0 Å². The second-order valence-electron chi connectivity index (χ2n) is 12.8. The van der Waals surface area contributed by atoms with Crippen molar-refractivity contribution in [1.29, 1.82) is 0 Å². The van der Waals surface area contributed by atoms with Crippen molar-refractivity contribution >= 4 is 5.91 Å². The molecule has 45 heavy (non-hydrogen) atoms. The molecule has 0 heterocycles. The second kappa shape index (κ2) is 35.2. The zero-order valence-electron chi connectivity index (χ0n) is 29.5. The molecule has 0 fully saturated rings. The van der Waals surface area contributed by atoms with Crippen LogP contribution < -0.4 is 5.32 Å². The third-order valence-corrected chi connectivity index (χ3v) is 8.32. The first-order valence-corrected chi connectivity index (χ1v) is 18.9. The van der Waals surface area contributed by atoms with Crippen molar-refractivity contribution in [2.45, 2.75) is 193 Å². The maximum absolute atomic E-state index is 12.3. The number of aliphatic hydroxyl groups is 3. The van der Waals surface area contributed by atoms with Gasteiger partial charge in [-0.25, -0.2) is 0 Å². The van der Waals surface area contributed by atoms with Gasteiger partial charge in [0.1, 0.15) is 0 Å². The monoisotopic (exact) mass is 632 g/mol. The van der Waals surface area contributed by atoms with Crippen LogP contribution in [0.1, 0.15) is 174 Å². The summed E-state index contributed by atoms with van der Waals surface area (Å²) in [7, 11) is 0. The number of unbranched alkanes of at least 4 members (excludes halogenated alkanes) is 19. The van der Waals surface area contributed by atoms with Gasteiger partial charge in [0.25, 0.3) is 0 Å². The van der Waals surface area contributed by atoms with Gasteiger partial charge >= 0.3 is 0 Å². The summed E-state index contributed by atoms with van der Waals surface area (Å²) in [5.74, 6) is -0.369. The van der Waals surface area contributed by atoms with E-state index in [4.69, 9.17) is 0 Å². The molecule has 0 rings (SSSR count). The normalized spacial score (nSPS) is 14.3. The van der Waals surface area contributed by atoms with E-state index in [1.165, 1.54) is 109 Å². The fraction of sp³-hybridized carbons (Fsp3) is 0.775. The predicted molar refractivity (Wildman–Crippen MR) is 194 cm³/mol. The van der Waals surface area contributed by atoms with E-state index in [1.54, 1.807) is 6.08 Å². The molecule has 0 bridgehead atoms. The summed E-state index contributed by atoms with van der Waals surface area (Å²) >= 11 is 0. The molecule has 0 saturated carbocycles. The number of amides is 1. The third kappa shape index (κ3) is 32.1.